The van der Waals surface area contributed by atoms with Gasteiger partial charge in [-0.3, -0.25) is 4.79 Å². The molecule has 0 heterocycles. The number of ether oxygens (including phenoxy) is 1. The zero-order valence-electron chi connectivity index (χ0n) is 10.7. The molecule has 0 amide bonds. The normalized spacial score (nSPS) is 10.6. The van der Waals surface area contributed by atoms with Gasteiger partial charge in [0.1, 0.15) is 5.75 Å². The summed E-state index contributed by atoms with van der Waals surface area (Å²) in [6, 6.07) is 5.71. The third-order valence-corrected chi connectivity index (χ3v) is 2.75. The molecule has 0 saturated heterocycles. The Morgan fingerprint density at radius 2 is 2.12 bits per heavy atom. The van der Waals surface area contributed by atoms with Crippen LogP contribution in [0.15, 0.2) is 18.2 Å². The standard InChI is InChI=1S/C14H20O3/c1-10(2)11-6-7-14(17-3)12(9-11)13(16)5-4-8-15/h6-7,9-10,15H,4-5,8H2,1-3H3. The van der Waals surface area contributed by atoms with Crippen LogP contribution in [0.25, 0.3) is 0 Å². The van der Waals surface area contributed by atoms with E-state index in [4.69, 9.17) is 9.84 Å². The fraction of sp³-hybridized carbons (Fsp3) is 0.500. The molecule has 0 spiro atoms. The van der Waals surface area contributed by atoms with Crippen LogP contribution in [-0.4, -0.2) is 24.6 Å². The second-order valence-electron chi connectivity index (χ2n) is 4.36. The smallest absolute Gasteiger partial charge is 0.166 e. The predicted octanol–water partition coefficient (Wildman–Crippen LogP) is 2.77. The summed E-state index contributed by atoms with van der Waals surface area (Å²) in [6.07, 6.45) is 0.850. The highest BCUT2D eigenvalue weighted by Gasteiger charge is 2.13. The summed E-state index contributed by atoms with van der Waals surface area (Å²) in [6.45, 7) is 4.21. The van der Waals surface area contributed by atoms with Crippen LogP contribution in [0.3, 0.4) is 0 Å². The quantitative estimate of drug-likeness (QED) is 0.772. The van der Waals surface area contributed by atoms with Gasteiger partial charge in [0.05, 0.1) is 12.7 Å². The van der Waals surface area contributed by atoms with E-state index in [2.05, 4.69) is 13.8 Å². The number of methoxy groups -OCH3 is 1. The lowest BCUT2D eigenvalue weighted by Crippen LogP contribution is -2.04. The second kappa shape index (κ2) is 6.40. The summed E-state index contributed by atoms with van der Waals surface area (Å²) >= 11 is 0. The van der Waals surface area contributed by atoms with Crippen LogP contribution in [0.5, 0.6) is 5.75 Å². The molecular weight excluding hydrogens is 216 g/mol. The van der Waals surface area contributed by atoms with Crippen molar-refractivity contribution >= 4 is 5.78 Å². The van der Waals surface area contributed by atoms with Crippen LogP contribution in [-0.2, 0) is 0 Å². The molecule has 0 saturated carbocycles. The van der Waals surface area contributed by atoms with Crippen molar-refractivity contribution in [3.8, 4) is 5.75 Å². The van der Waals surface area contributed by atoms with Crippen LogP contribution >= 0.6 is 0 Å². The van der Waals surface area contributed by atoms with E-state index in [9.17, 15) is 4.79 Å². The van der Waals surface area contributed by atoms with Gasteiger partial charge < -0.3 is 9.84 Å². The number of aliphatic hydroxyl groups is 1. The number of benzene rings is 1. The Morgan fingerprint density at radius 1 is 1.41 bits per heavy atom. The SMILES string of the molecule is COc1ccc(C(C)C)cc1C(=O)CCCO. The lowest BCUT2D eigenvalue weighted by Gasteiger charge is -2.11. The Bertz CT molecular complexity index is 383. The molecule has 0 atom stereocenters. The fourth-order valence-electron chi connectivity index (χ4n) is 1.68. The molecule has 0 aliphatic carbocycles. The first-order chi connectivity index (χ1) is 8.10. The van der Waals surface area contributed by atoms with E-state index < -0.39 is 0 Å². The van der Waals surface area contributed by atoms with E-state index >= 15 is 0 Å². The van der Waals surface area contributed by atoms with Gasteiger partial charge in [0.15, 0.2) is 5.78 Å². The number of ketones is 1. The van der Waals surface area contributed by atoms with Crippen molar-refractivity contribution in [3.05, 3.63) is 29.3 Å². The summed E-state index contributed by atoms with van der Waals surface area (Å²) in [5.41, 5.74) is 1.74. The van der Waals surface area contributed by atoms with Gasteiger partial charge in [-0.25, -0.2) is 0 Å². The summed E-state index contributed by atoms with van der Waals surface area (Å²) < 4.78 is 5.20. The average molecular weight is 236 g/mol. The average Bonchev–Trinajstić information content (AvgIpc) is 2.34. The molecule has 0 aliphatic rings. The van der Waals surface area contributed by atoms with Crippen LogP contribution in [0.2, 0.25) is 0 Å². The second-order valence-corrected chi connectivity index (χ2v) is 4.36. The van der Waals surface area contributed by atoms with Gasteiger partial charge in [0.2, 0.25) is 0 Å². The molecule has 1 N–H and O–H groups in total. The first-order valence-corrected chi connectivity index (χ1v) is 5.92. The summed E-state index contributed by atoms with van der Waals surface area (Å²) in [5.74, 6) is 1.01. The molecule has 94 valence electrons. The van der Waals surface area contributed by atoms with Crippen molar-refractivity contribution in [3.63, 3.8) is 0 Å². The van der Waals surface area contributed by atoms with Crippen molar-refractivity contribution in [2.75, 3.05) is 13.7 Å². The number of aliphatic hydroxyl groups excluding tert-OH is 1. The summed E-state index contributed by atoms with van der Waals surface area (Å²) in [4.78, 5) is 12.0. The fourth-order valence-corrected chi connectivity index (χ4v) is 1.68. The van der Waals surface area contributed by atoms with E-state index in [1.54, 1.807) is 7.11 Å². The van der Waals surface area contributed by atoms with E-state index in [1.807, 2.05) is 18.2 Å². The van der Waals surface area contributed by atoms with Gasteiger partial charge >= 0.3 is 0 Å². The van der Waals surface area contributed by atoms with Crippen molar-refractivity contribution in [2.45, 2.75) is 32.6 Å². The maximum Gasteiger partial charge on any atom is 0.166 e. The Labute approximate surface area is 102 Å². The molecule has 0 bridgehead atoms. The molecular formula is C14H20O3. The first kappa shape index (κ1) is 13.7. The van der Waals surface area contributed by atoms with Gasteiger partial charge in [-0.05, 0) is 30.0 Å². The highest BCUT2D eigenvalue weighted by atomic mass is 16.5. The van der Waals surface area contributed by atoms with Crippen LogP contribution in [0, 0.1) is 0 Å². The van der Waals surface area contributed by atoms with Crippen LogP contribution < -0.4 is 4.74 Å². The zero-order valence-corrected chi connectivity index (χ0v) is 10.7. The minimum Gasteiger partial charge on any atom is -0.496 e. The molecule has 1 rings (SSSR count). The topological polar surface area (TPSA) is 46.5 Å². The monoisotopic (exact) mass is 236 g/mol. The number of hydrogen-bond donors (Lipinski definition) is 1. The van der Waals surface area contributed by atoms with Gasteiger partial charge in [-0.2, -0.15) is 0 Å². The van der Waals surface area contributed by atoms with E-state index in [1.165, 1.54) is 0 Å². The Hall–Kier alpha value is -1.35. The molecule has 3 heteroatoms. The zero-order chi connectivity index (χ0) is 12.8. The van der Waals surface area contributed by atoms with Crippen molar-refractivity contribution in [2.24, 2.45) is 0 Å². The molecule has 1 aromatic carbocycles. The minimum atomic E-state index is 0.0263. The summed E-state index contributed by atoms with van der Waals surface area (Å²) in [5, 5.41) is 8.75. The highest BCUT2D eigenvalue weighted by molar-refractivity contribution is 5.98. The van der Waals surface area contributed by atoms with Crippen molar-refractivity contribution < 1.29 is 14.6 Å². The highest BCUT2D eigenvalue weighted by Crippen LogP contribution is 2.25. The number of Topliss-reactive ketones (excluding diaryl/α,β-unsaturated/α-hetero) is 1. The van der Waals surface area contributed by atoms with Crippen molar-refractivity contribution in [1.82, 2.24) is 0 Å². The molecule has 0 unspecified atom stereocenters. The molecule has 17 heavy (non-hydrogen) atoms. The van der Waals surface area contributed by atoms with Gasteiger partial charge in [0, 0.05) is 13.0 Å². The largest absolute Gasteiger partial charge is 0.496 e. The molecule has 1 aromatic rings. The Balaban J connectivity index is 3.01. The van der Waals surface area contributed by atoms with Crippen LogP contribution in [0.1, 0.15) is 48.5 Å². The molecule has 0 aromatic heterocycles. The minimum absolute atomic E-state index is 0.0263. The lowest BCUT2D eigenvalue weighted by atomic mass is 9.97. The lowest BCUT2D eigenvalue weighted by molar-refractivity contribution is 0.0968. The predicted molar refractivity (Wildman–Crippen MR) is 67.7 cm³/mol. The third kappa shape index (κ3) is 3.56. The first-order valence-electron chi connectivity index (χ1n) is 5.92. The molecule has 0 radical (unpaired) electrons. The van der Waals surface area contributed by atoms with Gasteiger partial charge in [0.25, 0.3) is 0 Å². The molecule has 3 nitrogen and oxygen atoms in total. The Kier molecular flexibility index (Phi) is 5.16. The number of rotatable bonds is 6. The van der Waals surface area contributed by atoms with E-state index in [-0.39, 0.29) is 12.4 Å². The number of hydrogen-bond acceptors (Lipinski definition) is 3. The maximum atomic E-state index is 12.0. The van der Waals surface area contributed by atoms with E-state index in [0.29, 0.717) is 30.1 Å². The van der Waals surface area contributed by atoms with Crippen LogP contribution in [0.4, 0.5) is 0 Å². The molecule has 0 aliphatic heterocycles. The number of carbonyl (C=O) groups excluding carboxylic acids is 1. The van der Waals surface area contributed by atoms with Gasteiger partial charge in [-0.15, -0.1) is 0 Å². The maximum absolute atomic E-state index is 12.0. The summed E-state index contributed by atoms with van der Waals surface area (Å²) in [7, 11) is 1.56. The van der Waals surface area contributed by atoms with Crippen molar-refractivity contribution in [1.29, 1.82) is 0 Å². The van der Waals surface area contributed by atoms with Gasteiger partial charge in [-0.1, -0.05) is 19.9 Å². The number of carbonyl (C=O) groups is 1. The van der Waals surface area contributed by atoms with E-state index in [0.717, 1.165) is 5.56 Å². The molecule has 0 fully saturated rings. The third-order valence-electron chi connectivity index (χ3n) is 2.75. The Morgan fingerprint density at radius 3 is 2.65 bits per heavy atom.